The van der Waals surface area contributed by atoms with E-state index in [2.05, 4.69) is 0 Å². The van der Waals surface area contributed by atoms with Crippen LogP contribution in [0, 0.1) is 46.3 Å². The summed E-state index contributed by atoms with van der Waals surface area (Å²) >= 11 is 0. The Balaban J connectivity index is 0.000000145. The van der Waals surface area contributed by atoms with Gasteiger partial charge in [-0.05, 0) is 125 Å². The minimum Gasteiger partial charge on any atom is -0.481 e. The lowest BCUT2D eigenvalue weighted by Crippen LogP contribution is -2.53. The second kappa shape index (κ2) is 23.7. The number of esters is 7. The second-order valence-electron chi connectivity index (χ2n) is 24.4. The molecule has 6 aliphatic rings. The van der Waals surface area contributed by atoms with Crippen LogP contribution in [0.4, 0.5) is 0 Å². The minimum absolute atomic E-state index is 0.0408. The fourth-order valence-corrected chi connectivity index (χ4v) is 14.1. The standard InChI is InChI=1S/C24H24O6.C23H22O6.C23H24O5/c1-15-19-14-24(19,29-16(2)25)22(28-20(26)17-10-6-4-7-11-17)23(15,3)30-21(27)18-12-8-5-9-13-18;1-14-17-13-23(17,21(26)27)20(28-18(24)15-9-5-3-6-10-15)22(14,2)29-19(25)16-11-7-4-8-12-16;1-15-18-13-23(18,14-24)21(27-19(25)16-9-5-3-6-10-16)22(15,2)28-20(26)17-11-7-4-8-12-17/h4-13,15,19,22H,14H2,1-3H3;3-12,14,17,20H,13H2,1-2H3,(H,26,27);3-12,15,18,21,24H,13-14H2,1-2H3. The number of aliphatic carboxylic acids is 1. The van der Waals surface area contributed by atoms with Gasteiger partial charge in [-0.25, -0.2) is 28.8 Å². The molecule has 6 saturated carbocycles. The van der Waals surface area contributed by atoms with Gasteiger partial charge >= 0.3 is 47.8 Å². The zero-order valence-corrected chi connectivity index (χ0v) is 49.4. The third-order valence-electron chi connectivity index (χ3n) is 19.5. The lowest BCUT2D eigenvalue weighted by Gasteiger charge is -2.38. The molecule has 0 spiro atoms. The molecule has 0 bridgehead atoms. The Kier molecular flexibility index (Phi) is 16.7. The van der Waals surface area contributed by atoms with Gasteiger partial charge in [0, 0.05) is 36.0 Å². The van der Waals surface area contributed by atoms with E-state index in [1.165, 1.54) is 6.92 Å². The molecule has 452 valence electrons. The fraction of sp³-hybridized carbons (Fsp3) is 0.371. The summed E-state index contributed by atoms with van der Waals surface area (Å²) in [6.07, 6.45) is -0.962. The quantitative estimate of drug-likeness (QED) is 0.0717. The minimum atomic E-state index is -1.25. The van der Waals surface area contributed by atoms with E-state index in [4.69, 9.17) is 33.2 Å². The molecule has 0 radical (unpaired) electrons. The third kappa shape index (κ3) is 11.2. The molecule has 0 heterocycles. The van der Waals surface area contributed by atoms with Crippen LogP contribution in [0.25, 0.3) is 0 Å². The number of rotatable bonds is 15. The van der Waals surface area contributed by atoms with Gasteiger partial charge in [-0.15, -0.1) is 0 Å². The number of benzene rings is 6. The van der Waals surface area contributed by atoms with Gasteiger partial charge in [-0.2, -0.15) is 0 Å². The highest BCUT2D eigenvalue weighted by Gasteiger charge is 2.82. The van der Waals surface area contributed by atoms with Gasteiger partial charge in [0.05, 0.1) is 40.0 Å². The number of aliphatic hydroxyl groups is 1. The molecular weight excluding hydrogens is 1110 g/mol. The molecule has 2 N–H and O–H groups in total. The van der Waals surface area contributed by atoms with E-state index in [-0.39, 0.29) is 42.1 Å². The van der Waals surface area contributed by atoms with E-state index in [0.29, 0.717) is 46.2 Å². The number of ether oxygens (including phenoxy) is 7. The van der Waals surface area contributed by atoms with Crippen LogP contribution in [0.15, 0.2) is 182 Å². The number of carbonyl (C=O) groups excluding carboxylic acids is 7. The summed E-state index contributed by atoms with van der Waals surface area (Å²) in [6.45, 7) is 12.2. The molecule has 0 aliphatic heterocycles. The molecular formula is C70H70O17. The largest absolute Gasteiger partial charge is 0.481 e. The molecule has 17 heteroatoms. The van der Waals surface area contributed by atoms with Crippen molar-refractivity contribution in [1.82, 2.24) is 0 Å². The van der Waals surface area contributed by atoms with Crippen LogP contribution in [0.2, 0.25) is 0 Å². The van der Waals surface area contributed by atoms with Gasteiger partial charge in [-0.1, -0.05) is 130 Å². The van der Waals surface area contributed by atoms with E-state index in [1.807, 2.05) is 45.9 Å². The molecule has 6 aromatic rings. The molecule has 6 aliphatic carbocycles. The summed E-state index contributed by atoms with van der Waals surface area (Å²) in [7, 11) is 0. The molecule has 6 aromatic carbocycles. The number of hydrogen-bond acceptors (Lipinski definition) is 16. The maximum atomic E-state index is 12.8. The van der Waals surface area contributed by atoms with Crippen molar-refractivity contribution in [3.05, 3.63) is 215 Å². The fourth-order valence-electron chi connectivity index (χ4n) is 14.1. The van der Waals surface area contributed by atoms with Crippen LogP contribution < -0.4 is 0 Å². The SMILES string of the molecule is CC(=O)OC12CC1C(C)C(C)(OC(=O)c1ccccc1)C2OC(=O)c1ccccc1.CC1C2CC2(C(=O)O)C(OC(=O)c2ccccc2)C1(C)OC(=O)c1ccccc1.CC1C2CC2(CO)C(OC(=O)c2ccccc2)C1(C)OC(=O)c1ccccc1. The average Bonchev–Trinajstić information content (AvgIpc) is 1.55. The van der Waals surface area contributed by atoms with E-state index in [9.17, 15) is 48.6 Å². The summed E-state index contributed by atoms with van der Waals surface area (Å²) in [5.74, 6) is -5.27. The zero-order valence-electron chi connectivity index (χ0n) is 49.4. The predicted octanol–water partition coefficient (Wildman–Crippen LogP) is 10.8. The van der Waals surface area contributed by atoms with Crippen molar-refractivity contribution >= 4 is 47.8 Å². The first kappa shape index (κ1) is 61.1. The maximum Gasteiger partial charge on any atom is 0.338 e. The highest BCUT2D eigenvalue weighted by atomic mass is 16.6. The van der Waals surface area contributed by atoms with Crippen molar-refractivity contribution in [2.45, 2.75) is 108 Å². The molecule has 15 unspecified atom stereocenters. The predicted molar refractivity (Wildman–Crippen MR) is 314 cm³/mol. The van der Waals surface area contributed by atoms with Crippen LogP contribution in [0.1, 0.15) is 130 Å². The maximum absolute atomic E-state index is 12.8. The van der Waals surface area contributed by atoms with Crippen LogP contribution in [-0.2, 0) is 42.7 Å². The van der Waals surface area contributed by atoms with Crippen molar-refractivity contribution in [1.29, 1.82) is 0 Å². The summed E-state index contributed by atoms with van der Waals surface area (Å²) in [6, 6.07) is 51.6. The van der Waals surface area contributed by atoms with Crippen molar-refractivity contribution in [2.75, 3.05) is 6.61 Å². The Labute approximate surface area is 504 Å². The van der Waals surface area contributed by atoms with Gasteiger partial charge in [0.15, 0.2) is 29.0 Å². The molecule has 0 saturated heterocycles. The van der Waals surface area contributed by atoms with Crippen LogP contribution >= 0.6 is 0 Å². The summed E-state index contributed by atoms with van der Waals surface area (Å²) < 4.78 is 40.9. The Morgan fingerprint density at radius 1 is 0.391 bits per heavy atom. The summed E-state index contributed by atoms with van der Waals surface area (Å²) in [5.41, 5.74) is -3.80. The van der Waals surface area contributed by atoms with Gasteiger partial charge < -0.3 is 43.4 Å². The Bertz CT molecular complexity index is 3550. The monoisotopic (exact) mass is 1180 g/mol. The molecule has 12 rings (SSSR count). The first-order valence-electron chi connectivity index (χ1n) is 29.2. The van der Waals surface area contributed by atoms with Crippen molar-refractivity contribution < 1.29 is 81.7 Å². The van der Waals surface area contributed by atoms with Crippen molar-refractivity contribution in [2.24, 2.45) is 46.3 Å². The highest BCUT2D eigenvalue weighted by molar-refractivity contribution is 5.94. The van der Waals surface area contributed by atoms with E-state index >= 15 is 0 Å². The molecule has 15 atom stereocenters. The highest BCUT2D eigenvalue weighted by Crippen LogP contribution is 2.72. The van der Waals surface area contributed by atoms with Gasteiger partial charge in [-0.3, -0.25) is 9.59 Å². The lowest BCUT2D eigenvalue weighted by atomic mass is 9.85. The molecule has 0 amide bonds. The topological polar surface area (TPSA) is 242 Å². The summed E-state index contributed by atoms with van der Waals surface area (Å²) in [4.78, 5) is 101. The van der Waals surface area contributed by atoms with Gasteiger partial charge in [0.1, 0.15) is 17.1 Å². The van der Waals surface area contributed by atoms with Crippen molar-refractivity contribution in [3.63, 3.8) is 0 Å². The molecule has 6 fully saturated rings. The molecule has 87 heavy (non-hydrogen) atoms. The van der Waals surface area contributed by atoms with E-state index in [0.717, 1.165) is 6.42 Å². The number of aliphatic hydroxyl groups excluding tert-OH is 1. The van der Waals surface area contributed by atoms with Crippen LogP contribution in [0.5, 0.6) is 0 Å². The number of carboxylic acids is 1. The second-order valence-corrected chi connectivity index (χ2v) is 24.4. The number of fused-ring (bicyclic) bond motifs is 3. The lowest BCUT2D eigenvalue weighted by molar-refractivity contribution is -0.167. The summed E-state index contributed by atoms with van der Waals surface area (Å²) in [5, 5.41) is 20.0. The van der Waals surface area contributed by atoms with Gasteiger partial charge in [0.2, 0.25) is 0 Å². The third-order valence-corrected chi connectivity index (χ3v) is 19.5. The first-order valence-corrected chi connectivity index (χ1v) is 29.2. The average molecular weight is 1180 g/mol. The smallest absolute Gasteiger partial charge is 0.338 e. The molecule has 0 aromatic heterocycles. The number of carboxylic acid groups (broad SMARTS) is 1. The van der Waals surface area contributed by atoms with Crippen LogP contribution in [-0.4, -0.2) is 105 Å². The van der Waals surface area contributed by atoms with E-state index < -0.39 is 99.3 Å². The van der Waals surface area contributed by atoms with Crippen molar-refractivity contribution in [3.8, 4) is 0 Å². The zero-order chi connectivity index (χ0) is 62.3. The Morgan fingerprint density at radius 3 is 1.03 bits per heavy atom. The first-order chi connectivity index (χ1) is 41.5. The van der Waals surface area contributed by atoms with Gasteiger partial charge in [0.25, 0.3) is 0 Å². The van der Waals surface area contributed by atoms with E-state index in [1.54, 1.807) is 178 Å². The number of carbonyl (C=O) groups is 8. The molecule has 17 nitrogen and oxygen atoms in total. The normalized spacial score (nSPS) is 32.2. The Hall–Kier alpha value is -8.96. The van der Waals surface area contributed by atoms with Crippen LogP contribution in [0.3, 0.4) is 0 Å². The Morgan fingerprint density at radius 2 is 0.690 bits per heavy atom. The number of hydrogen-bond donors (Lipinski definition) is 2.